The van der Waals surface area contributed by atoms with Crippen molar-refractivity contribution in [3.8, 4) is 11.8 Å². The number of amides is 1. The highest BCUT2D eigenvalue weighted by molar-refractivity contribution is 7.15. The molecule has 9 nitrogen and oxygen atoms in total. The van der Waals surface area contributed by atoms with Crippen molar-refractivity contribution in [1.29, 1.82) is 5.26 Å². The molecule has 14 heteroatoms. The molecule has 0 aliphatic heterocycles. The van der Waals surface area contributed by atoms with Crippen molar-refractivity contribution in [3.63, 3.8) is 0 Å². The molecule has 0 atom stereocenters. The number of alkyl halides is 3. The normalized spacial score (nSPS) is 11.8. The van der Waals surface area contributed by atoms with Gasteiger partial charge in [-0.3, -0.25) is 20.2 Å². The minimum absolute atomic E-state index is 0.108. The lowest BCUT2D eigenvalue weighted by molar-refractivity contribution is -0.384. The second-order valence-corrected chi connectivity index (χ2v) is 7.11. The third-order valence-electron chi connectivity index (χ3n) is 3.73. The molecule has 1 amide bonds. The minimum Gasteiger partial charge on any atom is -0.315 e. The molecule has 0 bridgehead atoms. The van der Waals surface area contributed by atoms with Gasteiger partial charge in [-0.1, -0.05) is 22.9 Å². The van der Waals surface area contributed by atoms with E-state index in [9.17, 15) is 33.3 Å². The van der Waals surface area contributed by atoms with Crippen LogP contribution in [0, 0.1) is 21.4 Å². The maximum Gasteiger partial charge on any atom is 0.445 e. The van der Waals surface area contributed by atoms with Crippen LogP contribution in [0.25, 0.3) is 11.8 Å². The molecule has 0 aliphatic rings. The van der Waals surface area contributed by atoms with Gasteiger partial charge in [0.15, 0.2) is 0 Å². The Morgan fingerprint density at radius 3 is 2.71 bits per heavy atom. The van der Waals surface area contributed by atoms with Gasteiger partial charge in [-0.2, -0.15) is 18.4 Å². The first-order valence-electron chi connectivity index (χ1n) is 8.05. The monoisotopic (exact) mass is 468 g/mol. The number of carbonyl (C=O) groups excluding carboxylic acids is 1. The van der Waals surface area contributed by atoms with E-state index in [-0.39, 0.29) is 33.4 Å². The van der Waals surface area contributed by atoms with Crippen molar-refractivity contribution >= 4 is 45.7 Å². The van der Waals surface area contributed by atoms with Gasteiger partial charge in [-0.05, 0) is 24.3 Å². The number of halogens is 4. The van der Waals surface area contributed by atoms with Crippen LogP contribution in [0.5, 0.6) is 0 Å². The van der Waals surface area contributed by atoms with Crippen LogP contribution >= 0.6 is 22.9 Å². The Kier molecular flexibility index (Phi) is 6.04. The van der Waals surface area contributed by atoms with Crippen molar-refractivity contribution in [2.24, 2.45) is 0 Å². The molecule has 2 heterocycles. The molecular formula is C17H8ClF3N6O3S. The molecule has 158 valence electrons. The fourth-order valence-electron chi connectivity index (χ4n) is 2.38. The number of nitro groups is 1. The van der Waals surface area contributed by atoms with Gasteiger partial charge < -0.3 is 4.57 Å². The zero-order valence-corrected chi connectivity index (χ0v) is 16.5. The smallest absolute Gasteiger partial charge is 0.315 e. The summed E-state index contributed by atoms with van der Waals surface area (Å²) >= 11 is 6.24. The quantitative estimate of drug-likeness (QED) is 0.255. The van der Waals surface area contributed by atoms with Crippen molar-refractivity contribution < 1.29 is 22.9 Å². The van der Waals surface area contributed by atoms with E-state index in [0.29, 0.717) is 0 Å². The highest BCUT2D eigenvalue weighted by Gasteiger charge is 2.35. The van der Waals surface area contributed by atoms with Gasteiger partial charge in [-0.25, -0.2) is 0 Å². The first-order valence-corrected chi connectivity index (χ1v) is 9.25. The maximum atomic E-state index is 12.6. The van der Waals surface area contributed by atoms with Crippen LogP contribution in [0.3, 0.4) is 0 Å². The molecule has 0 saturated heterocycles. The van der Waals surface area contributed by atoms with E-state index in [2.05, 4.69) is 15.5 Å². The first kappa shape index (κ1) is 21.9. The predicted octanol–water partition coefficient (Wildman–Crippen LogP) is 4.45. The van der Waals surface area contributed by atoms with Gasteiger partial charge >= 0.3 is 6.18 Å². The third kappa shape index (κ3) is 4.87. The van der Waals surface area contributed by atoms with E-state index >= 15 is 0 Å². The number of carbonyl (C=O) groups is 1. The number of benzene rings is 1. The molecule has 0 spiro atoms. The lowest BCUT2D eigenvalue weighted by atomic mass is 10.2. The van der Waals surface area contributed by atoms with E-state index in [4.69, 9.17) is 11.6 Å². The highest BCUT2D eigenvalue weighted by Crippen LogP contribution is 2.33. The molecule has 1 N–H and O–H groups in total. The number of nitrogens with zero attached hydrogens (tertiary/aromatic N) is 5. The standard InChI is InChI=1S/C17H8ClF3N6O3S/c18-12-4-3-11(27(29)30)7-13(12)26-5-1-2-10(26)6-9(8-22)14(28)23-16-25-24-15(31-16)17(19,20)21/h1-7H,(H,23,25,28)/b9-6-. The SMILES string of the molecule is N#C/C(=C/c1cccn1-c1cc([N+](=O)[O-])ccc1Cl)C(=O)Nc1nnc(C(F)(F)F)s1. The Morgan fingerprint density at radius 1 is 1.35 bits per heavy atom. The molecule has 2 aromatic heterocycles. The van der Waals surface area contributed by atoms with Crippen LogP contribution in [0.4, 0.5) is 24.0 Å². The Morgan fingerprint density at radius 2 is 2.10 bits per heavy atom. The van der Waals surface area contributed by atoms with E-state index in [0.717, 1.165) is 6.08 Å². The molecule has 1 aromatic carbocycles. The average molecular weight is 469 g/mol. The number of rotatable bonds is 5. The number of nitro benzene ring substituents is 1. The number of anilines is 1. The number of hydrogen-bond acceptors (Lipinski definition) is 7. The zero-order valence-electron chi connectivity index (χ0n) is 14.9. The molecule has 0 aliphatic carbocycles. The van der Waals surface area contributed by atoms with E-state index < -0.39 is 32.7 Å². The Balaban J connectivity index is 1.91. The molecular weight excluding hydrogens is 461 g/mol. The van der Waals surface area contributed by atoms with Crippen LogP contribution in [0.15, 0.2) is 42.1 Å². The third-order valence-corrected chi connectivity index (χ3v) is 4.93. The van der Waals surface area contributed by atoms with E-state index in [1.165, 1.54) is 35.0 Å². The number of nitriles is 1. The number of non-ortho nitro benzene ring substituents is 1. The van der Waals surface area contributed by atoms with Crippen molar-refractivity contribution in [2.75, 3.05) is 5.32 Å². The van der Waals surface area contributed by atoms with Gasteiger partial charge in [0, 0.05) is 24.0 Å². The zero-order chi connectivity index (χ0) is 22.8. The van der Waals surface area contributed by atoms with Crippen LogP contribution < -0.4 is 5.32 Å². The summed E-state index contributed by atoms with van der Waals surface area (Å²) in [5.74, 6) is -1.01. The lowest BCUT2D eigenvalue weighted by Crippen LogP contribution is -2.13. The van der Waals surface area contributed by atoms with Crippen molar-refractivity contribution in [1.82, 2.24) is 14.8 Å². The first-order chi connectivity index (χ1) is 14.6. The van der Waals surface area contributed by atoms with Gasteiger partial charge in [0.2, 0.25) is 10.1 Å². The van der Waals surface area contributed by atoms with Crippen LogP contribution in [0.1, 0.15) is 10.7 Å². The van der Waals surface area contributed by atoms with Crippen molar-refractivity contribution in [3.05, 3.63) is 67.9 Å². The topological polar surface area (TPSA) is 127 Å². The van der Waals surface area contributed by atoms with Crippen molar-refractivity contribution in [2.45, 2.75) is 6.18 Å². The van der Waals surface area contributed by atoms with Crippen LogP contribution in [-0.4, -0.2) is 25.6 Å². The van der Waals surface area contributed by atoms with Crippen LogP contribution in [0.2, 0.25) is 5.02 Å². The summed E-state index contributed by atoms with van der Waals surface area (Å²) < 4.78 is 39.2. The summed E-state index contributed by atoms with van der Waals surface area (Å²) in [6.45, 7) is 0. The van der Waals surface area contributed by atoms with E-state index in [1.807, 2.05) is 0 Å². The number of nitrogens with one attached hydrogen (secondary N) is 1. The maximum absolute atomic E-state index is 12.6. The molecule has 0 unspecified atom stereocenters. The minimum atomic E-state index is -4.72. The summed E-state index contributed by atoms with van der Waals surface area (Å²) in [7, 11) is 0. The molecule has 0 saturated carbocycles. The largest absolute Gasteiger partial charge is 0.445 e. The average Bonchev–Trinajstić information content (AvgIpc) is 3.35. The summed E-state index contributed by atoms with van der Waals surface area (Å²) in [4.78, 5) is 22.7. The Bertz CT molecular complexity index is 1240. The second-order valence-electron chi connectivity index (χ2n) is 5.73. The second kappa shape index (κ2) is 8.54. The van der Waals surface area contributed by atoms with E-state index in [1.54, 1.807) is 12.1 Å². The fourth-order valence-corrected chi connectivity index (χ4v) is 3.19. The number of hydrogen-bond donors (Lipinski definition) is 1. The molecule has 31 heavy (non-hydrogen) atoms. The highest BCUT2D eigenvalue weighted by atomic mass is 35.5. The molecule has 0 radical (unpaired) electrons. The van der Waals surface area contributed by atoms with Gasteiger partial charge in [0.1, 0.15) is 11.6 Å². The molecule has 3 aromatic rings. The predicted molar refractivity (Wildman–Crippen MR) is 105 cm³/mol. The molecule has 3 rings (SSSR count). The summed E-state index contributed by atoms with van der Waals surface area (Å²) in [6, 6.07) is 8.47. The fraction of sp³-hybridized carbons (Fsp3) is 0.0588. The summed E-state index contributed by atoms with van der Waals surface area (Å²) in [6.07, 6.45) is -2.06. The summed E-state index contributed by atoms with van der Waals surface area (Å²) in [5, 5.41) is 27.1. The van der Waals surface area contributed by atoms with Crippen LogP contribution in [-0.2, 0) is 11.0 Å². The van der Waals surface area contributed by atoms with Gasteiger partial charge in [-0.15, -0.1) is 10.2 Å². The Hall–Kier alpha value is -3.76. The molecule has 0 fully saturated rings. The van der Waals surface area contributed by atoms with Gasteiger partial charge in [0.05, 0.1) is 15.6 Å². The number of aromatic nitrogens is 3. The van der Waals surface area contributed by atoms with Gasteiger partial charge in [0.25, 0.3) is 11.6 Å². The Labute approximate surface area is 180 Å². The summed E-state index contributed by atoms with van der Waals surface area (Å²) in [5.41, 5.74) is -0.186. The lowest BCUT2D eigenvalue weighted by Gasteiger charge is -2.09.